The smallest absolute Gasteiger partial charge is 0.416 e. The van der Waals surface area contributed by atoms with Gasteiger partial charge in [-0.25, -0.2) is 0 Å². The number of ether oxygens (including phenoxy) is 2. The Hall–Kier alpha value is -3.33. The quantitative estimate of drug-likeness (QED) is 0.397. The molecule has 1 aromatic heterocycles. The zero-order valence-electron chi connectivity index (χ0n) is 18.9. The number of hydrogen-bond donors (Lipinski definition) is 1. The molecule has 180 valence electrons. The first-order valence-corrected chi connectivity index (χ1v) is 11.3. The summed E-state index contributed by atoms with van der Waals surface area (Å²) in [7, 11) is 1.29. The summed E-state index contributed by atoms with van der Waals surface area (Å²) in [6.07, 6.45) is -4.27. The van der Waals surface area contributed by atoms with Gasteiger partial charge in [0.2, 0.25) is 0 Å². The van der Waals surface area contributed by atoms with Gasteiger partial charge in [-0.15, -0.1) is 11.3 Å². The molecule has 1 amide bonds. The van der Waals surface area contributed by atoms with Crippen LogP contribution in [0.1, 0.15) is 37.7 Å². The van der Waals surface area contributed by atoms with Gasteiger partial charge < -0.3 is 14.8 Å². The molecule has 1 N–H and O–H groups in total. The number of rotatable bonds is 8. The maximum absolute atomic E-state index is 12.8. The minimum absolute atomic E-state index is 0.102. The fourth-order valence-corrected chi connectivity index (χ4v) is 4.32. The van der Waals surface area contributed by atoms with E-state index in [0.29, 0.717) is 16.2 Å². The van der Waals surface area contributed by atoms with Gasteiger partial charge in [0.25, 0.3) is 5.91 Å². The third-order valence-corrected chi connectivity index (χ3v) is 6.17. The number of aryl methyl sites for hydroxylation is 2. The minimum Gasteiger partial charge on any atom is -0.488 e. The third-order valence-electron chi connectivity index (χ3n) is 5.12. The standard InChI is InChI=1S/C25H24F3NO4S/c1-15-12-19(13-16(2)23(15)17-4-6-18(7-5-17)25(26,27)28)33-14-20-8-9-21(34-20)24(31)29-11-10-22(30)32-3/h4-9,12-13H,10-11,14H2,1-3H3,(H,29,31). The normalized spacial score (nSPS) is 11.2. The van der Waals surface area contributed by atoms with Crippen molar-refractivity contribution in [2.24, 2.45) is 0 Å². The summed E-state index contributed by atoms with van der Waals surface area (Å²) in [6, 6.07) is 12.3. The van der Waals surface area contributed by atoms with E-state index >= 15 is 0 Å². The topological polar surface area (TPSA) is 64.6 Å². The number of carbonyl (C=O) groups is 2. The number of thiophene rings is 1. The highest BCUT2D eigenvalue weighted by Crippen LogP contribution is 2.34. The molecule has 3 rings (SSSR count). The molecule has 0 atom stereocenters. The zero-order valence-corrected chi connectivity index (χ0v) is 19.7. The number of halogens is 3. The number of esters is 1. The Morgan fingerprint density at radius 1 is 1.00 bits per heavy atom. The molecule has 34 heavy (non-hydrogen) atoms. The fourth-order valence-electron chi connectivity index (χ4n) is 3.49. The highest BCUT2D eigenvalue weighted by atomic mass is 32.1. The van der Waals surface area contributed by atoms with Crippen molar-refractivity contribution in [2.45, 2.75) is 33.1 Å². The summed E-state index contributed by atoms with van der Waals surface area (Å²) in [5.41, 5.74) is 2.65. The van der Waals surface area contributed by atoms with Gasteiger partial charge in [-0.05, 0) is 72.5 Å². The SMILES string of the molecule is COC(=O)CCNC(=O)c1ccc(COc2cc(C)c(-c3ccc(C(F)(F)F)cc3)c(C)c2)s1. The summed E-state index contributed by atoms with van der Waals surface area (Å²) >= 11 is 1.29. The second kappa shape index (κ2) is 10.7. The lowest BCUT2D eigenvalue weighted by Crippen LogP contribution is -2.25. The van der Waals surface area contributed by atoms with E-state index in [2.05, 4.69) is 10.1 Å². The van der Waals surface area contributed by atoms with E-state index in [0.717, 1.165) is 33.7 Å². The van der Waals surface area contributed by atoms with Gasteiger partial charge in [0.15, 0.2) is 0 Å². The molecule has 0 radical (unpaired) electrons. The molecule has 0 saturated carbocycles. The molecule has 5 nitrogen and oxygen atoms in total. The molecule has 0 aliphatic carbocycles. The van der Waals surface area contributed by atoms with E-state index in [1.165, 1.54) is 30.6 Å². The van der Waals surface area contributed by atoms with Crippen LogP contribution in [-0.2, 0) is 22.3 Å². The molecule has 2 aromatic carbocycles. The maximum Gasteiger partial charge on any atom is 0.416 e. The van der Waals surface area contributed by atoms with Gasteiger partial charge in [-0.1, -0.05) is 12.1 Å². The van der Waals surface area contributed by atoms with Crippen LogP contribution in [0.2, 0.25) is 0 Å². The van der Waals surface area contributed by atoms with E-state index in [1.54, 1.807) is 12.1 Å². The van der Waals surface area contributed by atoms with Crippen molar-refractivity contribution in [3.63, 3.8) is 0 Å². The Morgan fingerprint density at radius 2 is 1.65 bits per heavy atom. The van der Waals surface area contributed by atoms with E-state index < -0.39 is 17.7 Å². The summed E-state index contributed by atoms with van der Waals surface area (Å²) < 4.78 is 49.0. The Kier molecular flexibility index (Phi) is 7.98. The lowest BCUT2D eigenvalue weighted by molar-refractivity contribution is -0.140. The molecule has 0 saturated heterocycles. The van der Waals surface area contributed by atoms with Crippen LogP contribution in [0.5, 0.6) is 5.75 Å². The van der Waals surface area contributed by atoms with Crippen LogP contribution in [-0.4, -0.2) is 25.5 Å². The number of amides is 1. The van der Waals surface area contributed by atoms with E-state index in [1.807, 2.05) is 26.0 Å². The van der Waals surface area contributed by atoms with Crippen LogP contribution in [0.25, 0.3) is 11.1 Å². The molecular weight excluding hydrogens is 467 g/mol. The summed E-state index contributed by atoms with van der Waals surface area (Å²) in [5, 5.41) is 2.67. The highest BCUT2D eigenvalue weighted by Gasteiger charge is 2.30. The molecule has 9 heteroatoms. The van der Waals surface area contributed by atoms with Gasteiger partial charge in [0.1, 0.15) is 12.4 Å². The predicted octanol–water partition coefficient (Wildman–Crippen LogP) is 5.92. The number of methoxy groups -OCH3 is 1. The number of nitrogens with one attached hydrogen (secondary N) is 1. The lowest BCUT2D eigenvalue weighted by Gasteiger charge is -2.14. The van der Waals surface area contributed by atoms with Crippen molar-refractivity contribution in [1.82, 2.24) is 5.32 Å². The Morgan fingerprint density at radius 3 is 2.24 bits per heavy atom. The van der Waals surface area contributed by atoms with Crippen molar-refractivity contribution in [1.29, 1.82) is 0 Å². The summed E-state index contributed by atoms with van der Waals surface area (Å²) in [5.74, 6) is -0.0358. The fraction of sp³-hybridized carbons (Fsp3) is 0.280. The van der Waals surface area contributed by atoms with Gasteiger partial charge in [0.05, 0.1) is 24.0 Å². The van der Waals surface area contributed by atoms with Crippen LogP contribution in [0.4, 0.5) is 13.2 Å². The molecule has 0 unspecified atom stereocenters. The first-order chi connectivity index (χ1) is 16.1. The molecule has 0 spiro atoms. The maximum atomic E-state index is 12.8. The van der Waals surface area contributed by atoms with Crippen LogP contribution < -0.4 is 10.1 Å². The van der Waals surface area contributed by atoms with Crippen molar-refractivity contribution < 1.29 is 32.2 Å². The van der Waals surface area contributed by atoms with Gasteiger partial charge in [-0.2, -0.15) is 13.2 Å². The summed E-state index contributed by atoms with van der Waals surface area (Å²) in [4.78, 5) is 24.7. The van der Waals surface area contributed by atoms with E-state index in [-0.39, 0.29) is 25.5 Å². The number of alkyl halides is 3. The average molecular weight is 492 g/mol. The van der Waals surface area contributed by atoms with Crippen molar-refractivity contribution in [2.75, 3.05) is 13.7 Å². The first-order valence-electron chi connectivity index (χ1n) is 10.4. The summed E-state index contributed by atoms with van der Waals surface area (Å²) in [6.45, 7) is 4.22. The van der Waals surface area contributed by atoms with Gasteiger partial charge >= 0.3 is 12.1 Å². The van der Waals surface area contributed by atoms with Crippen LogP contribution >= 0.6 is 11.3 Å². The molecule has 3 aromatic rings. The Balaban J connectivity index is 1.63. The minimum atomic E-state index is -4.37. The second-order valence-electron chi connectivity index (χ2n) is 7.64. The second-order valence-corrected chi connectivity index (χ2v) is 8.81. The Bertz CT molecular complexity index is 1150. The number of carbonyl (C=O) groups excluding carboxylic acids is 2. The van der Waals surface area contributed by atoms with Gasteiger partial charge in [-0.3, -0.25) is 9.59 Å². The third kappa shape index (κ3) is 6.38. The van der Waals surface area contributed by atoms with Gasteiger partial charge in [0, 0.05) is 11.4 Å². The van der Waals surface area contributed by atoms with Crippen LogP contribution in [0.15, 0.2) is 48.5 Å². The Labute approximate surface area is 199 Å². The molecule has 0 aliphatic heterocycles. The molecule has 1 heterocycles. The zero-order chi connectivity index (χ0) is 24.9. The molecule has 0 fully saturated rings. The average Bonchev–Trinajstić information content (AvgIpc) is 3.26. The number of benzene rings is 2. The molecular formula is C25H24F3NO4S. The first kappa shape index (κ1) is 25.3. The highest BCUT2D eigenvalue weighted by molar-refractivity contribution is 7.14. The van der Waals surface area contributed by atoms with E-state index in [4.69, 9.17) is 4.74 Å². The van der Waals surface area contributed by atoms with Crippen molar-refractivity contribution >= 4 is 23.2 Å². The largest absolute Gasteiger partial charge is 0.488 e. The lowest BCUT2D eigenvalue weighted by atomic mass is 9.94. The predicted molar refractivity (Wildman–Crippen MR) is 124 cm³/mol. The van der Waals surface area contributed by atoms with Crippen molar-refractivity contribution in [3.05, 3.63) is 75.0 Å². The van der Waals surface area contributed by atoms with Crippen molar-refractivity contribution in [3.8, 4) is 16.9 Å². The molecule has 0 aliphatic rings. The monoisotopic (exact) mass is 491 g/mol. The molecule has 0 bridgehead atoms. The van der Waals surface area contributed by atoms with Crippen LogP contribution in [0, 0.1) is 13.8 Å². The van der Waals surface area contributed by atoms with Crippen LogP contribution in [0.3, 0.4) is 0 Å². The van der Waals surface area contributed by atoms with E-state index in [9.17, 15) is 22.8 Å². The number of hydrogen-bond acceptors (Lipinski definition) is 5.